The van der Waals surface area contributed by atoms with E-state index in [1.165, 1.54) is 11.3 Å². The van der Waals surface area contributed by atoms with E-state index >= 15 is 0 Å². The molecule has 0 bridgehead atoms. The number of β-amino-alcohol motifs (C(OH)–C–C–N with tert-alkyl or cyclic N) is 1. The van der Waals surface area contributed by atoms with Crippen molar-refractivity contribution in [2.45, 2.75) is 25.5 Å². The van der Waals surface area contributed by atoms with Gasteiger partial charge in [0.15, 0.2) is 0 Å². The number of benzene rings is 2. The van der Waals surface area contributed by atoms with E-state index in [0.717, 1.165) is 17.9 Å². The third-order valence-corrected chi connectivity index (χ3v) is 4.26. The van der Waals surface area contributed by atoms with Crippen LogP contribution >= 0.6 is 0 Å². The van der Waals surface area contributed by atoms with Gasteiger partial charge in [-0.1, -0.05) is 18.2 Å². The molecule has 1 aliphatic heterocycles. The van der Waals surface area contributed by atoms with Crippen LogP contribution in [0.2, 0.25) is 0 Å². The molecule has 0 fully saturated rings. The van der Waals surface area contributed by atoms with E-state index in [1.54, 1.807) is 7.11 Å². The Labute approximate surface area is 137 Å². The predicted molar refractivity (Wildman–Crippen MR) is 91.4 cm³/mol. The van der Waals surface area contributed by atoms with Gasteiger partial charge in [-0.25, -0.2) is 0 Å². The lowest BCUT2D eigenvalue weighted by molar-refractivity contribution is 0.111. The Balaban J connectivity index is 1.56. The summed E-state index contributed by atoms with van der Waals surface area (Å²) in [5, 5.41) is 10.3. The summed E-state index contributed by atoms with van der Waals surface area (Å²) in [5.74, 6) is 1.53. The molecule has 4 heteroatoms. The maximum atomic E-state index is 10.3. The van der Waals surface area contributed by atoms with Crippen LogP contribution in [-0.2, 0) is 6.42 Å². The first-order valence-corrected chi connectivity index (χ1v) is 7.97. The number of hydrogen-bond donors (Lipinski definition) is 1. The summed E-state index contributed by atoms with van der Waals surface area (Å²) < 4.78 is 10.8. The number of fused-ring (bicyclic) bond motifs is 1. The minimum Gasteiger partial charge on any atom is -0.497 e. The predicted octanol–water partition coefficient (Wildman–Crippen LogP) is 2.89. The number of para-hydroxylation sites is 1. The Morgan fingerprint density at radius 2 is 1.83 bits per heavy atom. The Morgan fingerprint density at radius 3 is 2.57 bits per heavy atom. The Morgan fingerprint density at radius 1 is 1.13 bits per heavy atom. The van der Waals surface area contributed by atoms with Crippen LogP contribution in [0, 0.1) is 0 Å². The molecule has 122 valence electrons. The number of ether oxygens (including phenoxy) is 2. The third kappa shape index (κ3) is 3.59. The molecule has 3 rings (SSSR count). The summed E-state index contributed by atoms with van der Waals surface area (Å²) >= 11 is 0. The average molecular weight is 313 g/mol. The minimum atomic E-state index is -0.536. The second-order valence-electron chi connectivity index (χ2n) is 5.97. The van der Waals surface area contributed by atoms with Crippen LogP contribution in [0.5, 0.6) is 11.5 Å². The number of rotatable bonds is 6. The van der Waals surface area contributed by atoms with Gasteiger partial charge in [0.25, 0.3) is 0 Å². The largest absolute Gasteiger partial charge is 0.497 e. The number of aliphatic hydroxyl groups excluding tert-OH is 1. The molecule has 0 spiro atoms. The summed E-state index contributed by atoms with van der Waals surface area (Å²) in [4.78, 5) is 2.26. The van der Waals surface area contributed by atoms with Crippen molar-refractivity contribution in [2.75, 3.05) is 25.2 Å². The van der Waals surface area contributed by atoms with Gasteiger partial charge in [-0.3, -0.25) is 0 Å². The van der Waals surface area contributed by atoms with Crippen molar-refractivity contribution in [1.29, 1.82) is 0 Å². The van der Waals surface area contributed by atoms with E-state index in [0.29, 0.717) is 12.6 Å². The summed E-state index contributed by atoms with van der Waals surface area (Å²) in [6, 6.07) is 16.2. The van der Waals surface area contributed by atoms with Crippen molar-refractivity contribution < 1.29 is 14.6 Å². The highest BCUT2D eigenvalue weighted by Gasteiger charge is 2.27. The van der Waals surface area contributed by atoms with Crippen molar-refractivity contribution >= 4 is 5.69 Å². The summed E-state index contributed by atoms with van der Waals surface area (Å²) in [5.41, 5.74) is 2.58. The Bertz CT molecular complexity index is 641. The van der Waals surface area contributed by atoms with Gasteiger partial charge >= 0.3 is 0 Å². The van der Waals surface area contributed by atoms with E-state index in [9.17, 15) is 5.11 Å². The first-order chi connectivity index (χ1) is 11.2. The second-order valence-corrected chi connectivity index (χ2v) is 5.97. The van der Waals surface area contributed by atoms with Crippen molar-refractivity contribution in [3.8, 4) is 11.5 Å². The number of nitrogens with zero attached hydrogens (tertiary/aromatic N) is 1. The van der Waals surface area contributed by atoms with Crippen LogP contribution in [-0.4, -0.2) is 37.5 Å². The zero-order valence-electron chi connectivity index (χ0n) is 13.6. The molecule has 4 nitrogen and oxygen atoms in total. The van der Waals surface area contributed by atoms with E-state index in [-0.39, 0.29) is 6.61 Å². The fraction of sp³-hybridized carbons (Fsp3) is 0.368. The van der Waals surface area contributed by atoms with Gasteiger partial charge in [0.2, 0.25) is 0 Å². The summed E-state index contributed by atoms with van der Waals surface area (Å²) in [7, 11) is 1.63. The zero-order chi connectivity index (χ0) is 16.2. The molecule has 1 N–H and O–H groups in total. The summed E-state index contributed by atoms with van der Waals surface area (Å²) in [6.45, 7) is 3.04. The molecule has 0 aliphatic carbocycles. The maximum absolute atomic E-state index is 10.3. The third-order valence-electron chi connectivity index (χ3n) is 4.26. The molecule has 0 saturated heterocycles. The second kappa shape index (κ2) is 6.92. The SMILES string of the molecule is COc1ccc(OC[C@@H](O)CN2c3ccccc3C[C@@H]2C)cc1. The van der Waals surface area contributed by atoms with Crippen LogP contribution in [0.4, 0.5) is 5.69 Å². The summed E-state index contributed by atoms with van der Waals surface area (Å²) in [6.07, 6.45) is 0.494. The molecule has 0 unspecified atom stereocenters. The lowest BCUT2D eigenvalue weighted by Crippen LogP contribution is -2.39. The highest BCUT2D eigenvalue weighted by atomic mass is 16.5. The first kappa shape index (κ1) is 15.7. The van der Waals surface area contributed by atoms with E-state index in [2.05, 4.69) is 30.0 Å². The van der Waals surface area contributed by atoms with Gasteiger partial charge in [-0.15, -0.1) is 0 Å². The molecular formula is C19H23NO3. The topological polar surface area (TPSA) is 41.9 Å². The average Bonchev–Trinajstić information content (AvgIpc) is 2.89. The highest BCUT2D eigenvalue weighted by Crippen LogP contribution is 2.31. The van der Waals surface area contributed by atoms with Crippen molar-refractivity contribution in [1.82, 2.24) is 0 Å². The van der Waals surface area contributed by atoms with E-state index in [4.69, 9.17) is 9.47 Å². The smallest absolute Gasteiger partial charge is 0.119 e. The van der Waals surface area contributed by atoms with Crippen molar-refractivity contribution in [3.05, 3.63) is 54.1 Å². The van der Waals surface area contributed by atoms with Gasteiger partial charge in [0.1, 0.15) is 24.2 Å². The van der Waals surface area contributed by atoms with Gasteiger partial charge in [-0.2, -0.15) is 0 Å². The van der Waals surface area contributed by atoms with Gasteiger partial charge in [0.05, 0.1) is 7.11 Å². The number of anilines is 1. The van der Waals surface area contributed by atoms with Crippen LogP contribution in [0.15, 0.2) is 48.5 Å². The Hall–Kier alpha value is -2.20. The van der Waals surface area contributed by atoms with Gasteiger partial charge in [0, 0.05) is 18.3 Å². The first-order valence-electron chi connectivity index (χ1n) is 7.97. The van der Waals surface area contributed by atoms with Crippen LogP contribution in [0.25, 0.3) is 0 Å². The van der Waals surface area contributed by atoms with Crippen molar-refractivity contribution in [3.63, 3.8) is 0 Å². The fourth-order valence-corrected chi connectivity index (χ4v) is 3.05. The van der Waals surface area contributed by atoms with Gasteiger partial charge in [-0.05, 0) is 49.2 Å². The number of aliphatic hydroxyl groups is 1. The number of hydrogen-bond acceptors (Lipinski definition) is 4. The molecule has 0 saturated carbocycles. The standard InChI is InChI=1S/C19H23NO3/c1-14-11-15-5-3-4-6-19(15)20(14)12-16(21)13-23-18-9-7-17(22-2)8-10-18/h3-10,14,16,21H,11-13H2,1-2H3/t14-,16-/m0/s1. The zero-order valence-corrected chi connectivity index (χ0v) is 13.6. The molecule has 2 atom stereocenters. The molecule has 0 aromatic heterocycles. The lowest BCUT2D eigenvalue weighted by Gasteiger charge is -2.27. The number of methoxy groups -OCH3 is 1. The molecule has 1 aliphatic rings. The molecule has 2 aromatic carbocycles. The maximum Gasteiger partial charge on any atom is 0.119 e. The monoisotopic (exact) mass is 313 g/mol. The van der Waals surface area contributed by atoms with Crippen LogP contribution in [0.1, 0.15) is 12.5 Å². The molecule has 2 aromatic rings. The van der Waals surface area contributed by atoms with Gasteiger partial charge < -0.3 is 19.5 Å². The van der Waals surface area contributed by atoms with E-state index < -0.39 is 6.10 Å². The molecule has 1 heterocycles. The highest BCUT2D eigenvalue weighted by molar-refractivity contribution is 5.59. The van der Waals surface area contributed by atoms with Crippen molar-refractivity contribution in [2.24, 2.45) is 0 Å². The molecule has 0 amide bonds. The quantitative estimate of drug-likeness (QED) is 0.890. The lowest BCUT2D eigenvalue weighted by atomic mass is 10.1. The normalized spacial score (nSPS) is 17.7. The molecule has 23 heavy (non-hydrogen) atoms. The Kier molecular flexibility index (Phi) is 4.72. The van der Waals surface area contributed by atoms with Crippen LogP contribution < -0.4 is 14.4 Å². The fourth-order valence-electron chi connectivity index (χ4n) is 3.05. The minimum absolute atomic E-state index is 0.276. The molecular weight excluding hydrogens is 290 g/mol. The van der Waals surface area contributed by atoms with Crippen LogP contribution in [0.3, 0.4) is 0 Å². The molecule has 0 radical (unpaired) electrons. The van der Waals surface area contributed by atoms with E-state index in [1.807, 2.05) is 30.3 Å².